The van der Waals surface area contributed by atoms with E-state index in [1.807, 2.05) is 19.1 Å². The molecule has 0 saturated heterocycles. The number of carbonyl (C=O) groups excluding carboxylic acids is 1. The maximum atomic E-state index is 12.3. The van der Waals surface area contributed by atoms with Crippen molar-refractivity contribution in [3.8, 4) is 0 Å². The summed E-state index contributed by atoms with van der Waals surface area (Å²) in [6.45, 7) is 5.79. The molecule has 6 nitrogen and oxygen atoms in total. The molecule has 0 aromatic carbocycles. The van der Waals surface area contributed by atoms with Gasteiger partial charge in [0.15, 0.2) is 0 Å². The Labute approximate surface area is 116 Å². The number of carbonyl (C=O) groups is 1. The van der Waals surface area contributed by atoms with Gasteiger partial charge < -0.3 is 10.1 Å². The van der Waals surface area contributed by atoms with Crippen LogP contribution in [0.15, 0.2) is 23.1 Å². The average Bonchev–Trinajstić information content (AvgIpc) is 2.40. The molecule has 20 heavy (non-hydrogen) atoms. The summed E-state index contributed by atoms with van der Waals surface area (Å²) in [5, 5.41) is 2.56. The Hall–Kier alpha value is -2.21. The van der Waals surface area contributed by atoms with Gasteiger partial charge in [-0.25, -0.2) is 4.98 Å². The standard InChI is InChI=1S/C14H17N3O3/c1-4-20-8-12(18)16-13-10(3)15-11-7-9(2)5-6-17(11)14(13)19/h5-7H,4,8H2,1-3H3,(H,16,18). The van der Waals surface area contributed by atoms with Gasteiger partial charge in [0.1, 0.15) is 17.9 Å². The molecule has 0 saturated carbocycles. The number of nitrogens with zero attached hydrogens (tertiary/aromatic N) is 2. The van der Waals surface area contributed by atoms with Crippen molar-refractivity contribution in [3.63, 3.8) is 0 Å². The maximum absolute atomic E-state index is 12.3. The van der Waals surface area contributed by atoms with Gasteiger partial charge in [0.2, 0.25) is 0 Å². The number of ether oxygens (including phenoxy) is 1. The van der Waals surface area contributed by atoms with E-state index in [0.717, 1.165) is 5.56 Å². The van der Waals surface area contributed by atoms with E-state index in [9.17, 15) is 9.59 Å². The fourth-order valence-corrected chi connectivity index (χ4v) is 1.86. The van der Waals surface area contributed by atoms with Crippen LogP contribution in [0.25, 0.3) is 5.65 Å². The third kappa shape index (κ3) is 2.85. The number of amides is 1. The van der Waals surface area contributed by atoms with Gasteiger partial charge in [-0.3, -0.25) is 14.0 Å². The minimum atomic E-state index is -0.360. The van der Waals surface area contributed by atoms with E-state index in [2.05, 4.69) is 10.3 Å². The zero-order chi connectivity index (χ0) is 14.7. The Morgan fingerprint density at radius 2 is 2.20 bits per heavy atom. The van der Waals surface area contributed by atoms with Crippen molar-refractivity contribution in [2.45, 2.75) is 20.8 Å². The number of hydrogen-bond donors (Lipinski definition) is 1. The molecule has 6 heteroatoms. The highest BCUT2D eigenvalue weighted by atomic mass is 16.5. The lowest BCUT2D eigenvalue weighted by atomic mass is 10.3. The first-order valence-electron chi connectivity index (χ1n) is 6.40. The number of pyridine rings is 1. The van der Waals surface area contributed by atoms with Gasteiger partial charge in [-0.1, -0.05) is 0 Å². The third-order valence-electron chi connectivity index (χ3n) is 2.87. The Bertz CT molecular complexity index is 707. The van der Waals surface area contributed by atoms with Crippen molar-refractivity contribution in [1.29, 1.82) is 0 Å². The second-order valence-electron chi connectivity index (χ2n) is 4.49. The van der Waals surface area contributed by atoms with E-state index < -0.39 is 0 Å². The van der Waals surface area contributed by atoms with Crippen molar-refractivity contribution in [3.05, 3.63) is 39.9 Å². The molecule has 0 aliphatic rings. The lowest BCUT2D eigenvalue weighted by Gasteiger charge is -2.09. The predicted octanol–water partition coefficient (Wildman–Crippen LogP) is 1.29. The summed E-state index contributed by atoms with van der Waals surface area (Å²) >= 11 is 0. The van der Waals surface area contributed by atoms with Crippen molar-refractivity contribution in [1.82, 2.24) is 9.38 Å². The molecule has 1 N–H and O–H groups in total. The highest BCUT2D eigenvalue weighted by molar-refractivity contribution is 5.92. The number of anilines is 1. The second kappa shape index (κ2) is 5.83. The lowest BCUT2D eigenvalue weighted by Crippen LogP contribution is -2.27. The van der Waals surface area contributed by atoms with Crippen LogP contribution >= 0.6 is 0 Å². The smallest absolute Gasteiger partial charge is 0.281 e. The molecule has 0 atom stereocenters. The molecule has 0 unspecified atom stereocenters. The van der Waals surface area contributed by atoms with E-state index >= 15 is 0 Å². The Balaban J connectivity index is 2.41. The van der Waals surface area contributed by atoms with Crippen LogP contribution in [0.5, 0.6) is 0 Å². The van der Waals surface area contributed by atoms with Gasteiger partial charge in [0, 0.05) is 12.8 Å². The van der Waals surface area contributed by atoms with E-state index in [4.69, 9.17) is 4.74 Å². The zero-order valence-corrected chi connectivity index (χ0v) is 11.8. The molecule has 2 rings (SSSR count). The SMILES string of the molecule is CCOCC(=O)Nc1c(C)nc2cc(C)ccn2c1=O. The lowest BCUT2D eigenvalue weighted by molar-refractivity contribution is -0.120. The van der Waals surface area contributed by atoms with Gasteiger partial charge >= 0.3 is 0 Å². The predicted molar refractivity (Wildman–Crippen MR) is 76.1 cm³/mol. The molecule has 2 aromatic heterocycles. The fraction of sp³-hybridized carbons (Fsp3) is 0.357. The zero-order valence-electron chi connectivity index (χ0n) is 11.8. The summed E-state index contributed by atoms with van der Waals surface area (Å²) in [5.41, 5.74) is 1.97. The maximum Gasteiger partial charge on any atom is 0.281 e. The summed E-state index contributed by atoms with van der Waals surface area (Å²) < 4.78 is 6.42. The van der Waals surface area contributed by atoms with Crippen LogP contribution in [0.2, 0.25) is 0 Å². The molecule has 0 aliphatic carbocycles. The largest absolute Gasteiger partial charge is 0.372 e. The van der Waals surface area contributed by atoms with Crippen LogP contribution in [-0.2, 0) is 9.53 Å². The molecule has 0 spiro atoms. The summed E-state index contributed by atoms with van der Waals surface area (Å²) in [5.74, 6) is -0.360. The molecule has 0 fully saturated rings. The highest BCUT2D eigenvalue weighted by Crippen LogP contribution is 2.09. The summed E-state index contributed by atoms with van der Waals surface area (Å²) in [7, 11) is 0. The highest BCUT2D eigenvalue weighted by Gasteiger charge is 2.12. The van der Waals surface area contributed by atoms with Crippen LogP contribution in [0, 0.1) is 13.8 Å². The number of fused-ring (bicyclic) bond motifs is 1. The molecular weight excluding hydrogens is 258 g/mol. The van der Waals surface area contributed by atoms with Crippen LogP contribution in [0.4, 0.5) is 5.69 Å². The molecule has 0 aliphatic heterocycles. The van der Waals surface area contributed by atoms with Gasteiger partial charge in [-0.05, 0) is 38.5 Å². The van der Waals surface area contributed by atoms with E-state index in [1.54, 1.807) is 20.0 Å². The monoisotopic (exact) mass is 275 g/mol. The molecule has 2 heterocycles. The summed E-state index contributed by atoms with van der Waals surface area (Å²) in [6, 6.07) is 3.64. The van der Waals surface area contributed by atoms with Gasteiger partial charge in [-0.2, -0.15) is 0 Å². The first-order chi connectivity index (χ1) is 9.52. The fourth-order valence-electron chi connectivity index (χ4n) is 1.86. The number of aromatic nitrogens is 2. The van der Waals surface area contributed by atoms with Crippen LogP contribution in [-0.4, -0.2) is 28.5 Å². The Kier molecular flexibility index (Phi) is 4.14. The minimum absolute atomic E-state index is 0.0774. The quantitative estimate of drug-likeness (QED) is 0.912. The third-order valence-corrected chi connectivity index (χ3v) is 2.87. The normalized spacial score (nSPS) is 10.8. The number of hydrogen-bond acceptors (Lipinski definition) is 4. The number of aryl methyl sites for hydroxylation is 2. The van der Waals surface area contributed by atoms with Crippen LogP contribution < -0.4 is 10.9 Å². The Morgan fingerprint density at radius 1 is 1.45 bits per heavy atom. The number of nitrogens with one attached hydrogen (secondary N) is 1. The molecule has 1 amide bonds. The van der Waals surface area contributed by atoms with E-state index in [-0.39, 0.29) is 23.8 Å². The Morgan fingerprint density at radius 3 is 2.90 bits per heavy atom. The van der Waals surface area contributed by atoms with Gasteiger partial charge in [-0.15, -0.1) is 0 Å². The first-order valence-corrected chi connectivity index (χ1v) is 6.40. The molecule has 0 bridgehead atoms. The molecule has 0 radical (unpaired) electrons. The summed E-state index contributed by atoms with van der Waals surface area (Å²) in [6.07, 6.45) is 1.65. The van der Waals surface area contributed by atoms with Crippen molar-refractivity contribution >= 4 is 17.2 Å². The van der Waals surface area contributed by atoms with Crippen LogP contribution in [0.3, 0.4) is 0 Å². The average molecular weight is 275 g/mol. The van der Waals surface area contributed by atoms with E-state index in [0.29, 0.717) is 17.9 Å². The molecule has 106 valence electrons. The molecular formula is C14H17N3O3. The van der Waals surface area contributed by atoms with Crippen LogP contribution in [0.1, 0.15) is 18.2 Å². The first kappa shape index (κ1) is 14.2. The van der Waals surface area contributed by atoms with Gasteiger partial charge in [0.25, 0.3) is 11.5 Å². The van der Waals surface area contributed by atoms with Gasteiger partial charge in [0.05, 0.1) is 5.69 Å². The minimum Gasteiger partial charge on any atom is -0.372 e. The van der Waals surface area contributed by atoms with E-state index in [1.165, 1.54) is 4.40 Å². The van der Waals surface area contributed by atoms with Crippen molar-refractivity contribution in [2.24, 2.45) is 0 Å². The topological polar surface area (TPSA) is 72.7 Å². The summed E-state index contributed by atoms with van der Waals surface area (Å²) in [4.78, 5) is 28.3. The van der Waals surface area contributed by atoms with Crippen molar-refractivity contribution < 1.29 is 9.53 Å². The van der Waals surface area contributed by atoms with Crippen molar-refractivity contribution in [2.75, 3.05) is 18.5 Å². The molecule has 2 aromatic rings. The second-order valence-corrected chi connectivity index (χ2v) is 4.49. The number of rotatable bonds is 4.